The third-order valence-electron chi connectivity index (χ3n) is 6.90. The zero-order valence-corrected chi connectivity index (χ0v) is 24.7. The molecule has 1 atom stereocenters. The van der Waals surface area contributed by atoms with Crippen LogP contribution < -0.4 is 16.1 Å². The van der Waals surface area contributed by atoms with Crippen molar-refractivity contribution in [2.24, 2.45) is 5.10 Å². The first-order chi connectivity index (χ1) is 18.5. The van der Waals surface area contributed by atoms with Gasteiger partial charge in [0.05, 0.1) is 16.3 Å². The molecule has 2 aromatic rings. The molecule has 0 saturated carbocycles. The molecule has 0 fully saturated rings. The average molecular weight is 580 g/mol. The second kappa shape index (κ2) is 16.9. The van der Waals surface area contributed by atoms with E-state index in [0.29, 0.717) is 20.6 Å². The molecule has 0 radical (unpaired) electrons. The monoisotopic (exact) mass is 578 g/mol. The molecule has 1 aliphatic rings. The number of nitrogens with zero attached hydrogens (tertiary/aromatic N) is 1. The molecule has 0 bridgehead atoms. The first kappa shape index (κ1) is 30.6. The Balaban J connectivity index is 1.51. The molecule has 0 saturated heterocycles. The molecular weight excluding hydrogens is 539 g/mol. The molecule has 8 heteroatoms. The van der Waals surface area contributed by atoms with Crippen molar-refractivity contribution in [1.82, 2.24) is 5.43 Å². The van der Waals surface area contributed by atoms with E-state index in [4.69, 9.17) is 34.8 Å². The zero-order chi connectivity index (χ0) is 27.2. The molecular formula is C30H41Cl3N4O. The Labute approximate surface area is 243 Å². The molecule has 2 aromatic carbocycles. The van der Waals surface area contributed by atoms with E-state index in [-0.39, 0.29) is 5.78 Å². The number of unbranched alkanes of at least 4 members (excludes halogenated alkanes) is 12. The van der Waals surface area contributed by atoms with Gasteiger partial charge in [-0.25, -0.2) is 0 Å². The highest BCUT2D eigenvalue weighted by molar-refractivity contribution is 6.42. The number of anilines is 2. The van der Waals surface area contributed by atoms with Crippen LogP contribution in [0, 0.1) is 0 Å². The Hall–Kier alpha value is -1.95. The van der Waals surface area contributed by atoms with Crippen LogP contribution in [-0.2, 0) is 4.79 Å². The van der Waals surface area contributed by atoms with Crippen molar-refractivity contribution in [3.05, 3.63) is 45.4 Å². The molecule has 0 amide bonds. The average Bonchev–Trinajstić information content (AvgIpc) is 3.29. The maximum absolute atomic E-state index is 12.1. The minimum atomic E-state index is -0.644. The number of halogens is 3. The number of nitrogens with one attached hydrogen (secondary N) is 3. The summed E-state index contributed by atoms with van der Waals surface area (Å²) < 4.78 is 0. The highest BCUT2D eigenvalue weighted by Gasteiger charge is 2.24. The third-order valence-corrected chi connectivity index (χ3v) is 7.71. The number of hydrazone groups is 1. The van der Waals surface area contributed by atoms with Crippen LogP contribution in [0.25, 0.3) is 11.1 Å². The van der Waals surface area contributed by atoms with Crippen LogP contribution >= 0.6 is 34.8 Å². The van der Waals surface area contributed by atoms with Crippen LogP contribution in [0.1, 0.15) is 90.4 Å². The molecule has 5 nitrogen and oxygen atoms in total. The van der Waals surface area contributed by atoms with Crippen molar-refractivity contribution in [1.29, 1.82) is 0 Å². The van der Waals surface area contributed by atoms with Gasteiger partial charge in [0.1, 0.15) is 0 Å². The van der Waals surface area contributed by atoms with Crippen molar-refractivity contribution < 1.29 is 4.79 Å². The molecule has 0 aliphatic carbocycles. The number of carbonyl (C=O) groups excluding carboxylic acids is 1. The fraction of sp³-hybridized carbons (Fsp3) is 0.533. The predicted octanol–water partition coefficient (Wildman–Crippen LogP) is 9.71. The third kappa shape index (κ3) is 9.66. The van der Waals surface area contributed by atoms with Crippen LogP contribution in [0.15, 0.2) is 35.4 Å². The fourth-order valence-electron chi connectivity index (χ4n) is 4.81. The van der Waals surface area contributed by atoms with Crippen LogP contribution in [0.3, 0.4) is 0 Å². The Morgan fingerprint density at radius 3 is 1.89 bits per heavy atom. The van der Waals surface area contributed by atoms with E-state index in [2.05, 4.69) is 28.1 Å². The normalized spacial score (nSPS) is 14.6. The van der Waals surface area contributed by atoms with Gasteiger partial charge >= 0.3 is 0 Å². The van der Waals surface area contributed by atoms with Gasteiger partial charge in [-0.2, -0.15) is 5.10 Å². The van der Waals surface area contributed by atoms with E-state index >= 15 is 0 Å². The Kier molecular flexibility index (Phi) is 13.6. The summed E-state index contributed by atoms with van der Waals surface area (Å²) in [5.41, 5.74) is 5.88. The maximum atomic E-state index is 12.1. The number of Topliss-reactive ketones (excluding diaryl/α,β-unsaturated/α-hetero) is 1. The van der Waals surface area contributed by atoms with Gasteiger partial charge in [0.25, 0.3) is 0 Å². The first-order valence-corrected chi connectivity index (χ1v) is 15.3. The first-order valence-electron chi connectivity index (χ1n) is 14.1. The molecule has 3 rings (SSSR count). The summed E-state index contributed by atoms with van der Waals surface area (Å²) in [4.78, 5) is 12.1. The van der Waals surface area contributed by atoms with Crippen molar-refractivity contribution in [2.45, 2.75) is 96.6 Å². The summed E-state index contributed by atoms with van der Waals surface area (Å²) in [6, 6.07) is 9.21. The van der Waals surface area contributed by atoms with Crippen molar-refractivity contribution in [3.8, 4) is 11.1 Å². The highest BCUT2D eigenvalue weighted by Crippen LogP contribution is 2.44. The van der Waals surface area contributed by atoms with E-state index in [1.54, 1.807) is 12.1 Å². The van der Waals surface area contributed by atoms with Gasteiger partial charge in [0, 0.05) is 34.1 Å². The number of rotatable bonds is 18. The largest absolute Gasteiger partial charge is 0.384 e. The van der Waals surface area contributed by atoms with Gasteiger partial charge in [0.2, 0.25) is 5.78 Å². The van der Waals surface area contributed by atoms with Gasteiger partial charge in [0.15, 0.2) is 6.17 Å². The number of hydrogen-bond acceptors (Lipinski definition) is 5. The van der Waals surface area contributed by atoms with Crippen LogP contribution in [0.2, 0.25) is 15.1 Å². The van der Waals surface area contributed by atoms with Gasteiger partial charge in [-0.1, -0.05) is 125 Å². The predicted molar refractivity (Wildman–Crippen MR) is 165 cm³/mol. The summed E-state index contributed by atoms with van der Waals surface area (Å²) in [6.45, 7) is 3.10. The van der Waals surface area contributed by atoms with Crippen molar-refractivity contribution in [2.75, 3.05) is 17.2 Å². The van der Waals surface area contributed by atoms with Crippen LogP contribution in [-0.4, -0.2) is 24.7 Å². The molecule has 208 valence electrons. The zero-order valence-electron chi connectivity index (χ0n) is 22.4. The Morgan fingerprint density at radius 2 is 1.34 bits per heavy atom. The van der Waals surface area contributed by atoms with Crippen LogP contribution in [0.4, 0.5) is 11.4 Å². The lowest BCUT2D eigenvalue weighted by Crippen LogP contribution is -2.35. The second-order valence-corrected chi connectivity index (χ2v) is 11.3. The lowest BCUT2D eigenvalue weighted by atomic mass is 10.00. The molecule has 1 heterocycles. The SMILES string of the molecule is CCCCCCCCCCCCCCCNc1cccc(NC2NN=CC2=O)c1-c1c(Cl)cc(Cl)cc1Cl. The minimum Gasteiger partial charge on any atom is -0.384 e. The Bertz CT molecular complexity index is 1040. The van der Waals surface area contributed by atoms with Gasteiger partial charge in [-0.3, -0.25) is 10.2 Å². The smallest absolute Gasteiger partial charge is 0.219 e. The molecule has 38 heavy (non-hydrogen) atoms. The number of carbonyl (C=O) groups is 1. The van der Waals surface area contributed by atoms with E-state index in [1.807, 2.05) is 18.2 Å². The fourth-order valence-corrected chi connectivity index (χ4v) is 5.81. The van der Waals surface area contributed by atoms with Crippen molar-refractivity contribution >= 4 is 58.2 Å². The standard InChI is InChI=1S/C30H41Cl3N4O/c1-2-3-4-5-6-7-8-9-10-11-12-13-14-18-34-25-16-15-17-26(36-30-27(38)21-35-37-30)29(25)28-23(32)19-22(31)20-24(28)33/h15-17,19-21,30,34,36-37H,2-14,18H2,1H3. The number of benzene rings is 2. The topological polar surface area (TPSA) is 65.5 Å². The van der Waals surface area contributed by atoms with E-state index in [1.165, 1.54) is 83.3 Å². The highest BCUT2D eigenvalue weighted by atomic mass is 35.5. The van der Waals surface area contributed by atoms with Gasteiger partial charge < -0.3 is 10.6 Å². The summed E-state index contributed by atoms with van der Waals surface area (Å²) >= 11 is 19.4. The summed E-state index contributed by atoms with van der Waals surface area (Å²) in [5, 5.41) is 12.0. The molecule has 0 spiro atoms. The summed E-state index contributed by atoms with van der Waals surface area (Å²) in [5.74, 6) is -0.144. The maximum Gasteiger partial charge on any atom is 0.219 e. The van der Waals surface area contributed by atoms with E-state index in [0.717, 1.165) is 29.9 Å². The molecule has 0 aromatic heterocycles. The van der Waals surface area contributed by atoms with E-state index in [9.17, 15) is 4.79 Å². The summed E-state index contributed by atoms with van der Waals surface area (Å²) in [6.07, 6.45) is 17.9. The second-order valence-electron chi connectivity index (χ2n) is 10.0. The number of hydrogen-bond donors (Lipinski definition) is 3. The molecule has 1 unspecified atom stereocenters. The van der Waals surface area contributed by atoms with E-state index < -0.39 is 6.17 Å². The summed E-state index contributed by atoms with van der Waals surface area (Å²) in [7, 11) is 0. The van der Waals surface area contributed by atoms with Gasteiger partial charge in [-0.05, 0) is 30.7 Å². The molecule has 1 aliphatic heterocycles. The Morgan fingerprint density at radius 1 is 0.789 bits per heavy atom. The lowest BCUT2D eigenvalue weighted by Gasteiger charge is -2.21. The lowest BCUT2D eigenvalue weighted by molar-refractivity contribution is -0.113. The quantitative estimate of drug-likeness (QED) is 0.154. The van der Waals surface area contributed by atoms with Crippen LogP contribution in [0.5, 0.6) is 0 Å². The van der Waals surface area contributed by atoms with Crippen molar-refractivity contribution in [3.63, 3.8) is 0 Å². The molecule has 3 N–H and O–H groups in total. The minimum absolute atomic E-state index is 0.144. The van der Waals surface area contributed by atoms with Gasteiger partial charge in [-0.15, -0.1) is 0 Å². The number of ketones is 1.